The highest BCUT2D eigenvalue weighted by Crippen LogP contribution is 2.28. The van der Waals surface area contributed by atoms with E-state index in [4.69, 9.17) is 16.0 Å². The van der Waals surface area contributed by atoms with Gasteiger partial charge in [0.15, 0.2) is 0 Å². The zero-order valence-corrected chi connectivity index (χ0v) is 17.6. The number of hydrogen-bond acceptors (Lipinski definition) is 5. The van der Waals surface area contributed by atoms with E-state index < -0.39 is 0 Å². The molecule has 27 heavy (non-hydrogen) atoms. The number of halogens is 1. The molecule has 3 rings (SSSR count). The summed E-state index contributed by atoms with van der Waals surface area (Å²) in [4.78, 5) is 4.52. The lowest BCUT2D eigenvalue weighted by atomic mass is 10.1. The van der Waals surface area contributed by atoms with E-state index in [1.165, 1.54) is 22.9 Å². The van der Waals surface area contributed by atoms with Crippen LogP contribution in [0.2, 0.25) is 5.02 Å². The van der Waals surface area contributed by atoms with Crippen LogP contribution < -0.4 is 0 Å². The number of nitrogens with zero attached hydrogens (tertiary/aromatic N) is 4. The molecule has 7 heteroatoms. The zero-order chi connectivity index (χ0) is 19.4. The van der Waals surface area contributed by atoms with E-state index in [-0.39, 0.29) is 0 Å². The first-order valence-corrected chi connectivity index (χ1v) is 10.2. The van der Waals surface area contributed by atoms with Gasteiger partial charge in [0, 0.05) is 11.9 Å². The average molecular weight is 403 g/mol. The predicted molar refractivity (Wildman–Crippen MR) is 111 cm³/mol. The van der Waals surface area contributed by atoms with Crippen molar-refractivity contribution < 1.29 is 4.42 Å². The lowest BCUT2D eigenvalue weighted by Crippen LogP contribution is -1.89. The molecular weight excluding hydrogens is 380 g/mol. The van der Waals surface area contributed by atoms with Gasteiger partial charge in [0.25, 0.3) is 11.1 Å². The van der Waals surface area contributed by atoms with Gasteiger partial charge >= 0.3 is 0 Å². The Labute approximate surface area is 168 Å². The highest BCUT2D eigenvalue weighted by Gasteiger charge is 2.17. The van der Waals surface area contributed by atoms with Gasteiger partial charge in [0.1, 0.15) is 11.3 Å². The summed E-state index contributed by atoms with van der Waals surface area (Å²) < 4.78 is 7.73. The first kappa shape index (κ1) is 19.7. The fourth-order valence-corrected chi connectivity index (χ4v) is 3.61. The van der Waals surface area contributed by atoms with Crippen LogP contribution in [0, 0.1) is 6.92 Å². The topological polar surface area (TPSA) is 56.2 Å². The largest absolute Gasteiger partial charge is 0.410 e. The standard InChI is InChI=1S/C20H23ClN4OS/c1-13(2)6-5-7-14(3)10-11-27-20-24-23-19(26-20)18-15(4)22-17-9-8-16(21)12-25(17)18/h6,8-10,12H,5,7,11H2,1-4H3/b14-10+. The summed E-state index contributed by atoms with van der Waals surface area (Å²) in [5.74, 6) is 1.26. The minimum absolute atomic E-state index is 0.453. The van der Waals surface area contributed by atoms with Gasteiger partial charge < -0.3 is 4.42 Å². The summed E-state index contributed by atoms with van der Waals surface area (Å²) in [5.41, 5.74) is 5.13. The second-order valence-electron chi connectivity index (χ2n) is 6.68. The average Bonchev–Trinajstić information content (AvgIpc) is 3.17. The van der Waals surface area contributed by atoms with Crippen molar-refractivity contribution in [2.24, 2.45) is 0 Å². The van der Waals surface area contributed by atoms with Crippen molar-refractivity contribution in [3.05, 3.63) is 52.3 Å². The molecule has 0 saturated carbocycles. The lowest BCUT2D eigenvalue weighted by molar-refractivity contribution is 0.464. The lowest BCUT2D eigenvalue weighted by Gasteiger charge is -1.99. The maximum atomic E-state index is 6.11. The molecule has 0 aliphatic heterocycles. The third-order valence-corrected chi connectivity index (χ3v) is 5.06. The highest BCUT2D eigenvalue weighted by atomic mass is 35.5. The van der Waals surface area contributed by atoms with Crippen LogP contribution in [0.1, 0.15) is 39.3 Å². The molecular formula is C20H23ClN4OS. The Balaban J connectivity index is 1.68. The zero-order valence-electron chi connectivity index (χ0n) is 16.0. The number of rotatable bonds is 7. The Hall–Kier alpha value is -2.05. The Morgan fingerprint density at radius 3 is 2.81 bits per heavy atom. The summed E-state index contributed by atoms with van der Waals surface area (Å²) in [5, 5.41) is 9.53. The van der Waals surface area contributed by atoms with Gasteiger partial charge in [0.05, 0.1) is 10.7 Å². The number of aromatic nitrogens is 4. The van der Waals surface area contributed by atoms with E-state index >= 15 is 0 Å². The molecule has 3 aromatic rings. The number of hydrogen-bond donors (Lipinski definition) is 0. The first-order chi connectivity index (χ1) is 12.9. The van der Waals surface area contributed by atoms with Crippen LogP contribution in [-0.4, -0.2) is 25.3 Å². The van der Waals surface area contributed by atoms with Crippen LogP contribution in [0.3, 0.4) is 0 Å². The molecule has 3 aromatic heterocycles. The number of allylic oxidation sites excluding steroid dienone is 3. The minimum Gasteiger partial charge on any atom is -0.410 e. The fraction of sp³-hybridized carbons (Fsp3) is 0.350. The van der Waals surface area contributed by atoms with E-state index in [1.54, 1.807) is 0 Å². The second kappa shape index (κ2) is 8.76. The smallest absolute Gasteiger partial charge is 0.277 e. The maximum Gasteiger partial charge on any atom is 0.277 e. The van der Waals surface area contributed by atoms with Crippen molar-refractivity contribution >= 4 is 29.0 Å². The van der Waals surface area contributed by atoms with E-state index in [9.17, 15) is 0 Å². The maximum absolute atomic E-state index is 6.11. The van der Waals surface area contributed by atoms with Gasteiger partial charge in [-0.25, -0.2) is 4.98 Å². The summed E-state index contributed by atoms with van der Waals surface area (Å²) in [7, 11) is 0. The molecule has 0 N–H and O–H groups in total. The van der Waals surface area contributed by atoms with E-state index in [0.29, 0.717) is 16.1 Å². The fourth-order valence-electron chi connectivity index (χ4n) is 2.70. The molecule has 142 valence electrons. The molecule has 0 aliphatic rings. The van der Waals surface area contributed by atoms with E-state index in [1.807, 2.05) is 29.7 Å². The van der Waals surface area contributed by atoms with Gasteiger partial charge in [-0.05, 0) is 52.7 Å². The molecule has 0 saturated heterocycles. The predicted octanol–water partition coefficient (Wildman–Crippen LogP) is 6.13. The number of aryl methyl sites for hydroxylation is 1. The number of fused-ring (bicyclic) bond motifs is 1. The molecule has 3 heterocycles. The van der Waals surface area contributed by atoms with Crippen LogP contribution in [0.15, 0.2) is 51.3 Å². The molecule has 0 bridgehead atoms. The molecule has 0 aromatic carbocycles. The van der Waals surface area contributed by atoms with Crippen molar-refractivity contribution in [2.45, 2.75) is 45.8 Å². The number of thioether (sulfide) groups is 1. The third-order valence-electron chi connectivity index (χ3n) is 4.10. The quantitative estimate of drug-likeness (QED) is 0.351. The molecule has 0 spiro atoms. The van der Waals surface area contributed by atoms with Gasteiger partial charge in [0.2, 0.25) is 0 Å². The third kappa shape index (κ3) is 5.02. The SMILES string of the molecule is CC(C)=CCC/C(C)=C/CSc1nnc(-c2c(C)nc3ccc(Cl)cn23)o1. The molecule has 5 nitrogen and oxygen atoms in total. The van der Waals surface area contributed by atoms with Crippen molar-refractivity contribution in [1.82, 2.24) is 19.6 Å². The van der Waals surface area contributed by atoms with Crippen LogP contribution in [0.4, 0.5) is 0 Å². The molecule has 0 aliphatic carbocycles. The van der Waals surface area contributed by atoms with Gasteiger partial charge in [-0.2, -0.15) is 0 Å². The normalized spacial score (nSPS) is 12.0. The molecule has 0 radical (unpaired) electrons. The van der Waals surface area contributed by atoms with Gasteiger partial charge in [-0.15, -0.1) is 10.2 Å². The Morgan fingerprint density at radius 2 is 2.04 bits per heavy atom. The second-order valence-corrected chi connectivity index (χ2v) is 8.08. The Kier molecular flexibility index (Phi) is 6.39. The van der Waals surface area contributed by atoms with Crippen LogP contribution in [0.5, 0.6) is 0 Å². The van der Waals surface area contributed by atoms with Crippen molar-refractivity contribution in [3.8, 4) is 11.6 Å². The number of imidazole rings is 1. The van der Waals surface area contributed by atoms with E-state index in [2.05, 4.69) is 48.1 Å². The van der Waals surface area contributed by atoms with E-state index in [0.717, 1.165) is 35.6 Å². The van der Waals surface area contributed by atoms with Crippen LogP contribution in [0.25, 0.3) is 17.2 Å². The number of pyridine rings is 1. The molecule has 0 amide bonds. The summed E-state index contributed by atoms with van der Waals surface area (Å²) in [6.45, 7) is 8.33. The Bertz CT molecular complexity index is 999. The molecule has 0 unspecified atom stereocenters. The van der Waals surface area contributed by atoms with Crippen LogP contribution in [-0.2, 0) is 0 Å². The monoisotopic (exact) mass is 402 g/mol. The van der Waals surface area contributed by atoms with Crippen molar-refractivity contribution in [3.63, 3.8) is 0 Å². The molecule has 0 atom stereocenters. The van der Waals surface area contributed by atoms with Crippen molar-refractivity contribution in [2.75, 3.05) is 5.75 Å². The van der Waals surface area contributed by atoms with Gasteiger partial charge in [-0.1, -0.05) is 46.7 Å². The van der Waals surface area contributed by atoms with Crippen molar-refractivity contribution in [1.29, 1.82) is 0 Å². The first-order valence-electron chi connectivity index (χ1n) is 8.84. The van der Waals surface area contributed by atoms with Crippen LogP contribution >= 0.6 is 23.4 Å². The summed E-state index contributed by atoms with van der Waals surface area (Å²) >= 11 is 7.65. The highest BCUT2D eigenvalue weighted by molar-refractivity contribution is 7.99. The summed E-state index contributed by atoms with van der Waals surface area (Å²) in [6, 6.07) is 3.68. The summed E-state index contributed by atoms with van der Waals surface area (Å²) in [6.07, 6.45) is 8.44. The van der Waals surface area contributed by atoms with Gasteiger partial charge in [-0.3, -0.25) is 4.40 Å². The molecule has 0 fully saturated rings. The minimum atomic E-state index is 0.453. The Morgan fingerprint density at radius 1 is 1.22 bits per heavy atom.